The van der Waals surface area contributed by atoms with Gasteiger partial charge in [-0.05, 0) is 36.3 Å². The number of aliphatic hydroxyl groups is 1. The first-order chi connectivity index (χ1) is 6.54. The predicted molar refractivity (Wildman–Crippen MR) is 58.9 cm³/mol. The highest BCUT2D eigenvalue weighted by atomic mass is 16.3. The van der Waals surface area contributed by atoms with E-state index in [0.717, 1.165) is 19.3 Å². The molecule has 3 aliphatic rings. The fraction of sp³-hybridized carbons (Fsp3) is 0.538. The molecule has 1 unspecified atom stereocenters. The molecular formula is C13H18O. The van der Waals surface area contributed by atoms with Crippen LogP contribution in [0.5, 0.6) is 0 Å². The molecule has 0 saturated heterocycles. The molecule has 3 atom stereocenters. The van der Waals surface area contributed by atoms with Gasteiger partial charge in [-0.25, -0.2) is 0 Å². The quantitative estimate of drug-likeness (QED) is 0.664. The van der Waals surface area contributed by atoms with Gasteiger partial charge in [-0.15, -0.1) is 6.58 Å². The van der Waals surface area contributed by atoms with Gasteiger partial charge < -0.3 is 5.11 Å². The van der Waals surface area contributed by atoms with Crippen LogP contribution in [0.25, 0.3) is 0 Å². The van der Waals surface area contributed by atoms with Crippen LogP contribution >= 0.6 is 0 Å². The van der Waals surface area contributed by atoms with Crippen LogP contribution in [0.2, 0.25) is 0 Å². The molecule has 1 N–H and O–H groups in total. The van der Waals surface area contributed by atoms with Gasteiger partial charge in [-0.2, -0.15) is 0 Å². The van der Waals surface area contributed by atoms with Crippen LogP contribution in [0.3, 0.4) is 0 Å². The largest absolute Gasteiger partial charge is 0.385 e. The molecule has 2 bridgehead atoms. The van der Waals surface area contributed by atoms with Crippen LogP contribution in [0.1, 0.15) is 26.2 Å². The topological polar surface area (TPSA) is 20.2 Å². The van der Waals surface area contributed by atoms with Gasteiger partial charge in [0.05, 0.1) is 5.60 Å². The molecule has 0 aromatic rings. The highest BCUT2D eigenvalue weighted by Gasteiger charge is 2.49. The van der Waals surface area contributed by atoms with E-state index in [1.54, 1.807) is 0 Å². The van der Waals surface area contributed by atoms with Gasteiger partial charge in [0, 0.05) is 5.92 Å². The van der Waals surface area contributed by atoms with E-state index in [0.29, 0.717) is 0 Å². The van der Waals surface area contributed by atoms with Crippen LogP contribution in [0, 0.1) is 11.3 Å². The Bertz CT molecular complexity index is 315. The Morgan fingerprint density at radius 2 is 2.21 bits per heavy atom. The van der Waals surface area contributed by atoms with Crippen molar-refractivity contribution in [2.75, 3.05) is 0 Å². The second kappa shape index (κ2) is 2.83. The van der Waals surface area contributed by atoms with Crippen molar-refractivity contribution in [1.82, 2.24) is 0 Å². The minimum absolute atomic E-state index is 0.213. The molecule has 3 aliphatic carbocycles. The lowest BCUT2D eigenvalue weighted by Crippen LogP contribution is -2.49. The van der Waals surface area contributed by atoms with E-state index in [1.165, 1.54) is 5.57 Å². The van der Waals surface area contributed by atoms with Crippen LogP contribution in [0.4, 0.5) is 0 Å². The smallest absolute Gasteiger partial charge is 0.0896 e. The average molecular weight is 190 g/mol. The summed E-state index contributed by atoms with van der Waals surface area (Å²) in [6.07, 6.45) is 8.71. The summed E-state index contributed by atoms with van der Waals surface area (Å²) in [6.45, 7) is 9.90. The molecule has 0 aliphatic heterocycles. The van der Waals surface area contributed by atoms with E-state index >= 15 is 0 Å². The number of rotatable bonds is 2. The summed E-state index contributed by atoms with van der Waals surface area (Å²) in [5, 5.41) is 10.4. The SMILES string of the molecule is C=CC1=C[C@]2(O)CC[C@@]1(C)CC2C=C. The Balaban J connectivity index is 2.48. The number of hydrogen-bond donors (Lipinski definition) is 1. The highest BCUT2D eigenvalue weighted by molar-refractivity contribution is 5.36. The summed E-state index contributed by atoms with van der Waals surface area (Å²) in [6, 6.07) is 0. The fourth-order valence-electron chi connectivity index (χ4n) is 2.90. The number of fused-ring (bicyclic) bond motifs is 2. The Kier molecular flexibility index (Phi) is 1.97. The van der Waals surface area contributed by atoms with E-state index in [9.17, 15) is 5.11 Å². The molecule has 1 fully saturated rings. The first-order valence-electron chi connectivity index (χ1n) is 5.25. The van der Waals surface area contributed by atoms with Crippen molar-refractivity contribution >= 4 is 0 Å². The van der Waals surface area contributed by atoms with Crippen molar-refractivity contribution in [3.8, 4) is 0 Å². The van der Waals surface area contributed by atoms with Crippen LogP contribution in [-0.2, 0) is 0 Å². The molecule has 0 heterocycles. The maximum absolute atomic E-state index is 10.4. The molecule has 3 rings (SSSR count). The first kappa shape index (κ1) is 9.72. The molecular weight excluding hydrogens is 172 g/mol. The Morgan fingerprint density at radius 1 is 1.50 bits per heavy atom. The Labute approximate surface area is 85.8 Å². The van der Waals surface area contributed by atoms with E-state index in [2.05, 4.69) is 20.1 Å². The second-order valence-electron chi connectivity index (χ2n) is 4.90. The Hall–Kier alpha value is -0.820. The molecule has 76 valence electrons. The van der Waals surface area contributed by atoms with Crippen LogP contribution in [-0.4, -0.2) is 10.7 Å². The molecule has 1 nitrogen and oxygen atoms in total. The molecule has 14 heavy (non-hydrogen) atoms. The zero-order valence-corrected chi connectivity index (χ0v) is 8.79. The predicted octanol–water partition coefficient (Wildman–Crippen LogP) is 2.84. The van der Waals surface area contributed by atoms with E-state index < -0.39 is 5.60 Å². The zero-order valence-electron chi connectivity index (χ0n) is 8.79. The standard InChI is InChI=1S/C13H18O/c1-4-10-9-13(14)7-6-12(10,3)8-11(13)5-2/h4-5,9,11,14H,1-2,6-8H2,3H3/t11?,12-,13+/m0/s1. The van der Waals surface area contributed by atoms with Crippen LogP contribution in [0.15, 0.2) is 37.0 Å². The van der Waals surface area contributed by atoms with Gasteiger partial charge in [0.25, 0.3) is 0 Å². The molecule has 1 heteroatoms. The number of allylic oxidation sites excluding steroid dienone is 2. The maximum Gasteiger partial charge on any atom is 0.0896 e. The summed E-state index contributed by atoms with van der Waals surface area (Å²) in [5.41, 5.74) is 0.776. The summed E-state index contributed by atoms with van der Waals surface area (Å²) in [5.74, 6) is 0.213. The van der Waals surface area contributed by atoms with E-state index in [1.807, 2.05) is 18.2 Å². The van der Waals surface area contributed by atoms with Gasteiger partial charge in [0.1, 0.15) is 0 Å². The summed E-state index contributed by atoms with van der Waals surface area (Å²) < 4.78 is 0. The lowest BCUT2D eigenvalue weighted by Gasteiger charge is -2.51. The summed E-state index contributed by atoms with van der Waals surface area (Å²) >= 11 is 0. The maximum atomic E-state index is 10.4. The average Bonchev–Trinajstić information content (AvgIpc) is 2.18. The third kappa shape index (κ3) is 1.12. The normalized spacial score (nSPS) is 45.9. The highest BCUT2D eigenvalue weighted by Crippen LogP contribution is 2.54. The molecule has 0 radical (unpaired) electrons. The molecule has 0 amide bonds. The van der Waals surface area contributed by atoms with Crippen LogP contribution < -0.4 is 0 Å². The van der Waals surface area contributed by atoms with Gasteiger partial charge in [-0.3, -0.25) is 0 Å². The van der Waals surface area contributed by atoms with E-state index in [-0.39, 0.29) is 11.3 Å². The summed E-state index contributed by atoms with van der Waals surface area (Å²) in [7, 11) is 0. The van der Waals surface area contributed by atoms with Crippen molar-refractivity contribution in [3.63, 3.8) is 0 Å². The van der Waals surface area contributed by atoms with E-state index in [4.69, 9.17) is 0 Å². The number of hydrogen-bond acceptors (Lipinski definition) is 1. The van der Waals surface area contributed by atoms with Gasteiger partial charge >= 0.3 is 0 Å². The third-order valence-corrected chi connectivity index (χ3v) is 4.00. The van der Waals surface area contributed by atoms with Crippen molar-refractivity contribution < 1.29 is 5.11 Å². The van der Waals surface area contributed by atoms with Gasteiger partial charge in [-0.1, -0.05) is 25.7 Å². The minimum atomic E-state index is -0.650. The first-order valence-corrected chi connectivity index (χ1v) is 5.25. The minimum Gasteiger partial charge on any atom is -0.385 e. The fourth-order valence-corrected chi connectivity index (χ4v) is 2.90. The lowest BCUT2D eigenvalue weighted by atomic mass is 9.55. The third-order valence-electron chi connectivity index (χ3n) is 4.00. The molecule has 1 saturated carbocycles. The second-order valence-corrected chi connectivity index (χ2v) is 4.90. The molecule has 0 aromatic heterocycles. The van der Waals surface area contributed by atoms with Gasteiger partial charge in [0.15, 0.2) is 0 Å². The van der Waals surface area contributed by atoms with Crippen molar-refractivity contribution in [1.29, 1.82) is 0 Å². The molecule has 0 aromatic carbocycles. The van der Waals surface area contributed by atoms with Crippen molar-refractivity contribution in [2.24, 2.45) is 11.3 Å². The zero-order chi connectivity index (χ0) is 10.4. The van der Waals surface area contributed by atoms with Crippen molar-refractivity contribution in [3.05, 3.63) is 37.0 Å². The summed E-state index contributed by atoms with van der Waals surface area (Å²) in [4.78, 5) is 0. The molecule has 0 spiro atoms. The van der Waals surface area contributed by atoms with Gasteiger partial charge in [0.2, 0.25) is 0 Å². The monoisotopic (exact) mass is 190 g/mol. The lowest BCUT2D eigenvalue weighted by molar-refractivity contribution is -0.0324. The Morgan fingerprint density at radius 3 is 2.79 bits per heavy atom. The van der Waals surface area contributed by atoms with Crippen molar-refractivity contribution in [2.45, 2.75) is 31.8 Å².